The second kappa shape index (κ2) is 28.0. The number of benzene rings is 1. The molecule has 0 aliphatic heterocycles. The van der Waals surface area contributed by atoms with Crippen LogP contribution in [0.15, 0.2) is 12.1 Å². The molecule has 1 aromatic carbocycles. The van der Waals surface area contributed by atoms with Gasteiger partial charge in [-0.3, -0.25) is 0 Å². The van der Waals surface area contributed by atoms with E-state index < -0.39 is 0 Å². The van der Waals surface area contributed by atoms with E-state index in [-0.39, 0.29) is 5.92 Å². The van der Waals surface area contributed by atoms with Crippen LogP contribution < -0.4 is 9.47 Å². The van der Waals surface area contributed by atoms with Crippen LogP contribution in [0, 0.1) is 23.2 Å². The summed E-state index contributed by atoms with van der Waals surface area (Å²) in [5, 5.41) is 10.3. The highest BCUT2D eigenvalue weighted by molar-refractivity contribution is 7.09. The first-order valence-corrected chi connectivity index (χ1v) is 19.1. The van der Waals surface area contributed by atoms with Crippen molar-refractivity contribution in [3.05, 3.63) is 23.3 Å². The molecular weight excluding hydrogens is 561 g/mol. The lowest BCUT2D eigenvalue weighted by molar-refractivity contribution is 0.257. The molecule has 1 rings (SSSR count). The number of unbranched alkanes of at least 4 members (excludes halogenated alkanes) is 14. The van der Waals surface area contributed by atoms with Crippen molar-refractivity contribution in [2.75, 3.05) is 19.8 Å². The number of hydrogen-bond acceptors (Lipinski definition) is 4. The number of hydrogen-bond donors (Lipinski definition) is 0. The van der Waals surface area contributed by atoms with Gasteiger partial charge in [0.1, 0.15) is 11.6 Å². The molecule has 254 valence electrons. The van der Waals surface area contributed by atoms with Gasteiger partial charge in [-0.25, -0.2) is 0 Å². The van der Waals surface area contributed by atoms with Crippen molar-refractivity contribution in [1.29, 1.82) is 5.26 Å². The van der Waals surface area contributed by atoms with Gasteiger partial charge in [0.15, 0.2) is 11.5 Å². The summed E-state index contributed by atoms with van der Waals surface area (Å²) in [5.74, 6) is 3.32. The van der Waals surface area contributed by atoms with E-state index in [1.807, 2.05) is 6.07 Å². The molecular formula is C39H70NO3P. The average Bonchev–Trinajstić information content (AvgIpc) is 3.00. The summed E-state index contributed by atoms with van der Waals surface area (Å²) < 4.78 is 18.0. The van der Waals surface area contributed by atoms with E-state index in [9.17, 15) is 5.26 Å². The molecule has 0 saturated heterocycles. The van der Waals surface area contributed by atoms with E-state index in [1.54, 1.807) is 0 Å². The molecule has 0 aliphatic carbocycles. The molecule has 0 spiro atoms. The minimum absolute atomic E-state index is 0.275. The highest BCUT2D eigenvalue weighted by atomic mass is 31.0. The lowest BCUT2D eigenvalue weighted by Crippen LogP contribution is -2.09. The van der Waals surface area contributed by atoms with Crippen LogP contribution in [0.25, 0.3) is 0 Å². The largest absolute Gasteiger partial charge is 0.490 e. The van der Waals surface area contributed by atoms with Gasteiger partial charge in [0.25, 0.3) is 0 Å². The molecule has 0 bridgehead atoms. The summed E-state index contributed by atoms with van der Waals surface area (Å²) in [4.78, 5) is 0. The maximum Gasteiger partial charge on any atom is 0.179 e. The molecule has 0 aromatic heterocycles. The Hall–Kier alpha value is -1.30. The van der Waals surface area contributed by atoms with Crippen LogP contribution >= 0.6 is 9.47 Å². The standard InChI is InChI=1S/C39H70NO3P/c1-6-23-35(28-31-43-44)36-26-27-38(41-29-21-17-13-9-7-11-15-19-24-33(2)3)39(37(36)32-40)42-30-22-18-14-10-8-12-16-20-25-34(4)5/h26-27,33-35H,6-25,28-31,44H2,1-5H3. The fraction of sp³-hybridized carbons (Fsp3) is 0.821. The molecule has 1 aromatic rings. The fourth-order valence-electron chi connectivity index (χ4n) is 6.09. The van der Waals surface area contributed by atoms with Crippen LogP contribution in [0.3, 0.4) is 0 Å². The van der Waals surface area contributed by atoms with Gasteiger partial charge in [-0.1, -0.05) is 150 Å². The fourth-order valence-corrected chi connectivity index (χ4v) is 6.23. The zero-order valence-corrected chi connectivity index (χ0v) is 30.8. The lowest BCUT2D eigenvalue weighted by atomic mass is 9.88. The molecule has 0 saturated carbocycles. The molecule has 2 atom stereocenters. The molecule has 4 nitrogen and oxygen atoms in total. The van der Waals surface area contributed by atoms with Crippen LogP contribution in [0.5, 0.6) is 11.5 Å². The van der Waals surface area contributed by atoms with Gasteiger partial charge in [-0.05, 0) is 55.1 Å². The number of nitriles is 1. The molecule has 0 radical (unpaired) electrons. The predicted octanol–water partition coefficient (Wildman–Crippen LogP) is 12.7. The van der Waals surface area contributed by atoms with E-state index in [0.29, 0.717) is 31.1 Å². The van der Waals surface area contributed by atoms with Crippen molar-refractivity contribution in [2.45, 2.75) is 175 Å². The summed E-state index contributed by atoms with van der Waals surface area (Å²) >= 11 is 0. The van der Waals surface area contributed by atoms with Crippen molar-refractivity contribution in [3.8, 4) is 17.6 Å². The number of ether oxygens (including phenoxy) is 2. The van der Waals surface area contributed by atoms with Crippen LogP contribution in [-0.4, -0.2) is 19.8 Å². The topological polar surface area (TPSA) is 51.5 Å². The summed E-state index contributed by atoms with van der Waals surface area (Å²) in [6.45, 7) is 13.4. The Morgan fingerprint density at radius 1 is 0.614 bits per heavy atom. The maximum absolute atomic E-state index is 10.3. The summed E-state index contributed by atoms with van der Waals surface area (Å²) in [7, 11) is 2.35. The Morgan fingerprint density at radius 3 is 1.55 bits per heavy atom. The lowest BCUT2D eigenvalue weighted by Gasteiger charge is -2.21. The quantitative estimate of drug-likeness (QED) is 0.0626. The predicted molar refractivity (Wildman–Crippen MR) is 193 cm³/mol. The third-order valence-corrected chi connectivity index (χ3v) is 9.02. The first-order chi connectivity index (χ1) is 21.4. The summed E-state index contributed by atoms with van der Waals surface area (Å²) in [6, 6.07) is 6.66. The third-order valence-electron chi connectivity index (χ3n) is 8.78. The average molecular weight is 632 g/mol. The molecule has 0 aliphatic rings. The number of rotatable bonds is 30. The Kier molecular flexibility index (Phi) is 25.9. The maximum atomic E-state index is 10.3. The van der Waals surface area contributed by atoms with E-state index in [1.165, 1.54) is 103 Å². The van der Waals surface area contributed by atoms with Crippen LogP contribution in [0.4, 0.5) is 0 Å². The van der Waals surface area contributed by atoms with E-state index in [4.69, 9.17) is 14.0 Å². The Morgan fingerprint density at radius 2 is 1.09 bits per heavy atom. The zero-order valence-electron chi connectivity index (χ0n) is 29.6. The Bertz CT molecular complexity index is 851. The molecule has 0 N–H and O–H groups in total. The Labute approximate surface area is 276 Å². The van der Waals surface area contributed by atoms with Crippen molar-refractivity contribution < 1.29 is 14.0 Å². The minimum Gasteiger partial charge on any atom is -0.490 e. The van der Waals surface area contributed by atoms with Crippen molar-refractivity contribution in [1.82, 2.24) is 0 Å². The van der Waals surface area contributed by atoms with Crippen molar-refractivity contribution in [3.63, 3.8) is 0 Å². The molecule has 2 unspecified atom stereocenters. The second-order valence-corrected chi connectivity index (χ2v) is 14.2. The second-order valence-electron chi connectivity index (χ2n) is 13.8. The summed E-state index contributed by atoms with van der Waals surface area (Å²) in [6.07, 6.45) is 26.2. The van der Waals surface area contributed by atoms with E-state index >= 15 is 0 Å². The molecule has 44 heavy (non-hydrogen) atoms. The van der Waals surface area contributed by atoms with Gasteiger partial charge in [0.2, 0.25) is 0 Å². The molecule has 5 heteroatoms. The third kappa shape index (κ3) is 20.0. The van der Waals surface area contributed by atoms with E-state index in [0.717, 1.165) is 55.3 Å². The molecule has 0 amide bonds. The van der Waals surface area contributed by atoms with Gasteiger partial charge in [0.05, 0.1) is 19.8 Å². The Balaban J connectivity index is 2.62. The van der Waals surface area contributed by atoms with Crippen LogP contribution in [0.1, 0.15) is 187 Å². The minimum atomic E-state index is 0.275. The normalized spacial score (nSPS) is 12.2. The van der Waals surface area contributed by atoms with Crippen LogP contribution in [0.2, 0.25) is 0 Å². The SMILES string of the molecule is CCCC(CCOP)c1ccc(OCCCCCCCCCCC(C)C)c(OCCCCCCCCCCC(C)C)c1C#N. The van der Waals surface area contributed by atoms with Crippen molar-refractivity contribution in [2.24, 2.45) is 11.8 Å². The molecule has 0 fully saturated rings. The van der Waals surface area contributed by atoms with Gasteiger partial charge in [-0.15, -0.1) is 0 Å². The van der Waals surface area contributed by atoms with Crippen LogP contribution in [-0.2, 0) is 4.52 Å². The highest BCUT2D eigenvalue weighted by Crippen LogP contribution is 2.39. The van der Waals surface area contributed by atoms with Gasteiger partial charge >= 0.3 is 0 Å². The monoisotopic (exact) mass is 632 g/mol. The smallest absolute Gasteiger partial charge is 0.179 e. The number of nitrogens with zero attached hydrogens (tertiary/aromatic N) is 1. The van der Waals surface area contributed by atoms with Gasteiger partial charge < -0.3 is 14.0 Å². The first-order valence-electron chi connectivity index (χ1n) is 18.6. The highest BCUT2D eigenvalue weighted by Gasteiger charge is 2.22. The van der Waals surface area contributed by atoms with E-state index in [2.05, 4.69) is 56.2 Å². The van der Waals surface area contributed by atoms with Gasteiger partial charge in [0, 0.05) is 9.47 Å². The zero-order chi connectivity index (χ0) is 32.3. The molecule has 0 heterocycles. The van der Waals surface area contributed by atoms with Crippen molar-refractivity contribution >= 4 is 9.47 Å². The first kappa shape index (κ1) is 40.7. The summed E-state index contributed by atoms with van der Waals surface area (Å²) in [5.41, 5.74) is 1.73. The van der Waals surface area contributed by atoms with Gasteiger partial charge in [-0.2, -0.15) is 5.26 Å².